The second kappa shape index (κ2) is 7.04. The van der Waals surface area contributed by atoms with Crippen LogP contribution in [0.5, 0.6) is 0 Å². The summed E-state index contributed by atoms with van der Waals surface area (Å²) in [6.45, 7) is 3.22. The highest BCUT2D eigenvalue weighted by Crippen LogP contribution is 2.72. The maximum atomic E-state index is 12.8. The van der Waals surface area contributed by atoms with Crippen molar-refractivity contribution in [2.75, 3.05) is 6.61 Å². The highest BCUT2D eigenvalue weighted by molar-refractivity contribution is 9.10. The summed E-state index contributed by atoms with van der Waals surface area (Å²) < 4.78 is 12.5. The SMILES string of the molecule is C[C@]12CC[C@H]3[C@@H](C[C@H]4OC[C@@]35CC[C@@H](O)C[C@]45Br)[C@@H]1CC[C@@H]2OC(=O)c1ccccc1. The summed E-state index contributed by atoms with van der Waals surface area (Å²) >= 11 is 4.16. The molecule has 5 aliphatic rings. The summed E-state index contributed by atoms with van der Waals surface area (Å²) in [4.78, 5) is 12.8. The van der Waals surface area contributed by atoms with E-state index in [1.165, 1.54) is 6.42 Å². The van der Waals surface area contributed by atoms with E-state index >= 15 is 0 Å². The van der Waals surface area contributed by atoms with E-state index in [0.29, 0.717) is 23.3 Å². The molecule has 0 amide bonds. The molecule has 5 fully saturated rings. The molecule has 5 heteroatoms. The van der Waals surface area contributed by atoms with E-state index < -0.39 is 0 Å². The predicted molar refractivity (Wildman–Crippen MR) is 121 cm³/mol. The first-order valence-corrected chi connectivity index (χ1v) is 12.9. The number of esters is 1. The molecule has 1 N–H and O–H groups in total. The quantitative estimate of drug-likeness (QED) is 0.463. The predicted octanol–water partition coefficient (Wildman–Crippen LogP) is 5.12. The lowest BCUT2D eigenvalue weighted by atomic mass is 9.45. The summed E-state index contributed by atoms with van der Waals surface area (Å²) in [5.74, 6) is 1.68. The lowest BCUT2D eigenvalue weighted by Crippen LogP contribution is -2.63. The van der Waals surface area contributed by atoms with Gasteiger partial charge in [0, 0.05) is 10.8 Å². The Kier molecular flexibility index (Phi) is 4.70. The number of carbonyl (C=O) groups is 1. The van der Waals surface area contributed by atoms with Crippen molar-refractivity contribution in [2.24, 2.45) is 28.6 Å². The molecule has 1 aromatic carbocycles. The number of fused-ring (bicyclic) bond motifs is 3. The Bertz CT molecular complexity index is 875. The lowest BCUT2D eigenvalue weighted by Gasteiger charge is -2.62. The highest BCUT2D eigenvalue weighted by Gasteiger charge is 2.72. The van der Waals surface area contributed by atoms with Crippen molar-refractivity contribution in [2.45, 2.75) is 80.9 Å². The van der Waals surface area contributed by atoms with Crippen molar-refractivity contribution < 1.29 is 19.4 Å². The Morgan fingerprint density at radius 1 is 1.13 bits per heavy atom. The van der Waals surface area contributed by atoms with Gasteiger partial charge in [-0.15, -0.1) is 0 Å². The van der Waals surface area contributed by atoms with Crippen LogP contribution in [-0.2, 0) is 9.47 Å². The average Bonchev–Trinajstić information content (AvgIpc) is 3.16. The zero-order valence-corrected chi connectivity index (χ0v) is 19.9. The Morgan fingerprint density at radius 3 is 2.74 bits per heavy atom. The summed E-state index contributed by atoms with van der Waals surface area (Å²) in [7, 11) is 0. The fourth-order valence-electron chi connectivity index (χ4n) is 8.63. The second-order valence-electron chi connectivity index (χ2n) is 11.2. The molecule has 0 unspecified atom stereocenters. The van der Waals surface area contributed by atoms with E-state index in [-0.39, 0.29) is 39.4 Å². The van der Waals surface area contributed by atoms with Gasteiger partial charge in [0.15, 0.2) is 0 Å². The molecule has 1 saturated heterocycles. The monoisotopic (exact) mass is 488 g/mol. The summed E-state index contributed by atoms with van der Waals surface area (Å²) in [6, 6.07) is 9.41. The van der Waals surface area contributed by atoms with Gasteiger partial charge in [0.25, 0.3) is 0 Å². The minimum atomic E-state index is -0.213. The molecule has 1 aliphatic heterocycles. The van der Waals surface area contributed by atoms with Gasteiger partial charge in [0.1, 0.15) is 6.10 Å². The molecule has 0 aromatic heterocycles. The second-order valence-corrected chi connectivity index (χ2v) is 12.6. The van der Waals surface area contributed by atoms with Gasteiger partial charge in [-0.2, -0.15) is 0 Å². The largest absolute Gasteiger partial charge is 0.458 e. The van der Waals surface area contributed by atoms with Crippen LogP contribution in [0.4, 0.5) is 0 Å². The van der Waals surface area contributed by atoms with Crippen LogP contribution in [0.2, 0.25) is 0 Å². The number of hydrogen-bond acceptors (Lipinski definition) is 4. The first-order valence-electron chi connectivity index (χ1n) is 12.1. The molecule has 1 heterocycles. The standard InChI is InChI=1S/C26H33BrO4/c1-24-11-10-20-18(13-22-26(27)14-17(28)9-12-25(20,26)15-30-22)19(24)7-8-21(24)31-23(29)16-5-3-2-4-6-16/h2-6,17-22,28H,7-15H2,1H3/t17-,18+,19+,20+,21+,22-,24+,25+,26+/m1/s1. The molecule has 168 valence electrons. The maximum absolute atomic E-state index is 12.8. The minimum absolute atomic E-state index is 0.00561. The number of hydrogen-bond donors (Lipinski definition) is 1. The van der Waals surface area contributed by atoms with Crippen LogP contribution < -0.4 is 0 Å². The van der Waals surface area contributed by atoms with Crippen LogP contribution >= 0.6 is 15.9 Å². The van der Waals surface area contributed by atoms with E-state index in [9.17, 15) is 9.90 Å². The first kappa shape index (κ1) is 20.7. The molecular weight excluding hydrogens is 456 g/mol. The van der Waals surface area contributed by atoms with Crippen LogP contribution in [0.1, 0.15) is 68.6 Å². The minimum Gasteiger partial charge on any atom is -0.458 e. The molecule has 2 bridgehead atoms. The van der Waals surface area contributed by atoms with Crippen molar-refractivity contribution in [1.82, 2.24) is 0 Å². The molecule has 31 heavy (non-hydrogen) atoms. The fourth-order valence-corrected chi connectivity index (χ4v) is 9.93. The third-order valence-electron chi connectivity index (χ3n) is 10.1. The molecule has 4 nitrogen and oxygen atoms in total. The molecule has 1 aromatic rings. The van der Waals surface area contributed by atoms with Crippen molar-refractivity contribution in [3.8, 4) is 0 Å². The number of aliphatic hydroxyl groups is 1. The van der Waals surface area contributed by atoms with Crippen LogP contribution in [-0.4, -0.2) is 40.3 Å². The molecule has 0 radical (unpaired) electrons. The van der Waals surface area contributed by atoms with Crippen LogP contribution in [0.15, 0.2) is 30.3 Å². The Morgan fingerprint density at radius 2 is 1.94 bits per heavy atom. The van der Waals surface area contributed by atoms with E-state index in [0.717, 1.165) is 51.6 Å². The summed E-state index contributed by atoms with van der Waals surface area (Å²) in [5.41, 5.74) is 0.860. The molecular formula is C26H33BrO4. The fraction of sp³-hybridized carbons (Fsp3) is 0.731. The zero-order chi connectivity index (χ0) is 21.4. The Balaban J connectivity index is 1.26. The topological polar surface area (TPSA) is 55.8 Å². The number of benzene rings is 1. The molecule has 0 spiro atoms. The van der Waals surface area contributed by atoms with E-state index in [1.54, 1.807) is 0 Å². The van der Waals surface area contributed by atoms with Gasteiger partial charge in [0.05, 0.1) is 28.7 Å². The normalized spacial score (nSPS) is 50.3. The third kappa shape index (κ3) is 2.75. The van der Waals surface area contributed by atoms with E-state index in [2.05, 4.69) is 22.9 Å². The van der Waals surface area contributed by atoms with Gasteiger partial charge in [-0.25, -0.2) is 4.79 Å². The van der Waals surface area contributed by atoms with Gasteiger partial charge in [-0.05, 0) is 81.3 Å². The van der Waals surface area contributed by atoms with Gasteiger partial charge < -0.3 is 14.6 Å². The highest BCUT2D eigenvalue weighted by atomic mass is 79.9. The van der Waals surface area contributed by atoms with Crippen LogP contribution in [0.25, 0.3) is 0 Å². The lowest BCUT2D eigenvalue weighted by molar-refractivity contribution is -0.114. The Labute approximate surface area is 193 Å². The van der Waals surface area contributed by atoms with Crippen LogP contribution in [0.3, 0.4) is 0 Å². The van der Waals surface area contributed by atoms with Crippen molar-refractivity contribution in [3.05, 3.63) is 35.9 Å². The average molecular weight is 489 g/mol. The number of carbonyl (C=O) groups excluding carboxylic acids is 1. The number of halogens is 1. The van der Waals surface area contributed by atoms with Gasteiger partial charge >= 0.3 is 5.97 Å². The van der Waals surface area contributed by atoms with Gasteiger partial charge in [0.2, 0.25) is 0 Å². The van der Waals surface area contributed by atoms with Gasteiger partial charge in [-0.3, -0.25) is 0 Å². The molecule has 6 rings (SSSR count). The number of aliphatic hydroxyl groups excluding tert-OH is 1. The van der Waals surface area contributed by atoms with Crippen molar-refractivity contribution in [1.29, 1.82) is 0 Å². The molecule has 4 aliphatic carbocycles. The third-order valence-corrected chi connectivity index (χ3v) is 11.8. The van der Waals surface area contributed by atoms with E-state index in [1.807, 2.05) is 30.3 Å². The zero-order valence-electron chi connectivity index (χ0n) is 18.3. The number of rotatable bonds is 2. The van der Waals surface area contributed by atoms with Gasteiger partial charge in [-0.1, -0.05) is 41.1 Å². The van der Waals surface area contributed by atoms with E-state index in [4.69, 9.17) is 9.47 Å². The van der Waals surface area contributed by atoms with Crippen LogP contribution in [0, 0.1) is 28.6 Å². The van der Waals surface area contributed by atoms with Crippen molar-refractivity contribution in [3.63, 3.8) is 0 Å². The summed E-state index contributed by atoms with van der Waals surface area (Å²) in [6.07, 6.45) is 8.24. The van der Waals surface area contributed by atoms with Crippen molar-refractivity contribution >= 4 is 21.9 Å². The smallest absolute Gasteiger partial charge is 0.338 e. The summed E-state index contributed by atoms with van der Waals surface area (Å²) in [5, 5.41) is 10.4. The first-order chi connectivity index (χ1) is 14.9. The molecule has 9 atom stereocenters. The maximum Gasteiger partial charge on any atom is 0.338 e. The number of alkyl halides is 1. The molecule has 4 saturated carbocycles. The Hall–Kier alpha value is -0.910. The number of ether oxygens (including phenoxy) is 2.